The summed E-state index contributed by atoms with van der Waals surface area (Å²) in [6, 6.07) is 3.55. The predicted octanol–water partition coefficient (Wildman–Crippen LogP) is 1.30. The Labute approximate surface area is 118 Å². The lowest BCUT2D eigenvalue weighted by Crippen LogP contribution is -2.28. The second-order valence-corrected chi connectivity index (χ2v) is 5.32. The van der Waals surface area contributed by atoms with Crippen LogP contribution in [-0.4, -0.2) is 53.3 Å². The Hall–Kier alpha value is -1.69. The molecule has 3 rings (SSSR count). The minimum Gasteiger partial charge on any atom is -0.376 e. The van der Waals surface area contributed by atoms with E-state index in [9.17, 15) is 4.79 Å². The van der Waals surface area contributed by atoms with E-state index >= 15 is 0 Å². The molecule has 108 valence electrons. The average Bonchev–Trinajstić information content (AvgIpc) is 3.18. The molecule has 0 bridgehead atoms. The van der Waals surface area contributed by atoms with Crippen molar-refractivity contribution in [2.75, 3.05) is 31.6 Å². The summed E-state index contributed by atoms with van der Waals surface area (Å²) in [4.78, 5) is 13.9. The number of likely N-dealkylation sites (tertiary alicyclic amines) is 1. The molecular weight excluding hydrogens is 256 g/mol. The summed E-state index contributed by atoms with van der Waals surface area (Å²) >= 11 is 0. The van der Waals surface area contributed by atoms with Gasteiger partial charge in [0.2, 0.25) is 0 Å². The molecule has 0 saturated carbocycles. The van der Waals surface area contributed by atoms with Gasteiger partial charge in [0.1, 0.15) is 5.82 Å². The van der Waals surface area contributed by atoms with E-state index in [4.69, 9.17) is 4.74 Å². The summed E-state index contributed by atoms with van der Waals surface area (Å²) in [5.41, 5.74) is 0.426. The molecule has 6 nitrogen and oxygen atoms in total. The average molecular weight is 276 g/mol. The molecule has 2 aliphatic rings. The first kappa shape index (κ1) is 13.3. The Balaban J connectivity index is 1.54. The Morgan fingerprint density at radius 3 is 2.80 bits per heavy atom. The zero-order valence-electron chi connectivity index (χ0n) is 11.5. The first-order valence-corrected chi connectivity index (χ1v) is 7.31. The Kier molecular flexibility index (Phi) is 4.11. The standard InChI is InChI=1S/C14H20N4O2/c19-14(18-7-1-2-8-18)12-5-6-13(17-16-12)15-10-11-4-3-9-20-11/h5-6,11H,1-4,7-10H2,(H,15,17). The van der Waals surface area contributed by atoms with Gasteiger partial charge in [-0.15, -0.1) is 10.2 Å². The van der Waals surface area contributed by atoms with E-state index in [-0.39, 0.29) is 12.0 Å². The maximum absolute atomic E-state index is 12.1. The van der Waals surface area contributed by atoms with Gasteiger partial charge in [0.05, 0.1) is 6.10 Å². The van der Waals surface area contributed by atoms with Crippen molar-refractivity contribution < 1.29 is 9.53 Å². The fraction of sp³-hybridized carbons (Fsp3) is 0.643. The van der Waals surface area contributed by atoms with Gasteiger partial charge in [-0.05, 0) is 37.8 Å². The van der Waals surface area contributed by atoms with E-state index in [0.717, 1.165) is 51.9 Å². The van der Waals surface area contributed by atoms with Crippen LogP contribution in [0.2, 0.25) is 0 Å². The van der Waals surface area contributed by atoms with Crippen molar-refractivity contribution in [2.45, 2.75) is 31.8 Å². The van der Waals surface area contributed by atoms with Gasteiger partial charge in [0, 0.05) is 26.2 Å². The molecule has 1 aromatic heterocycles. The van der Waals surface area contributed by atoms with Gasteiger partial charge in [0.15, 0.2) is 5.69 Å². The van der Waals surface area contributed by atoms with Crippen molar-refractivity contribution in [1.82, 2.24) is 15.1 Å². The van der Waals surface area contributed by atoms with Gasteiger partial charge in [-0.1, -0.05) is 0 Å². The van der Waals surface area contributed by atoms with Gasteiger partial charge in [-0.25, -0.2) is 0 Å². The molecule has 6 heteroatoms. The Bertz CT molecular complexity index is 451. The summed E-state index contributed by atoms with van der Waals surface area (Å²) in [5.74, 6) is 0.680. The lowest BCUT2D eigenvalue weighted by atomic mass is 10.2. The molecule has 1 unspecified atom stereocenters. The number of nitrogens with one attached hydrogen (secondary N) is 1. The molecule has 0 aliphatic carbocycles. The largest absolute Gasteiger partial charge is 0.376 e. The zero-order valence-corrected chi connectivity index (χ0v) is 11.5. The highest BCUT2D eigenvalue weighted by Gasteiger charge is 2.21. The molecule has 0 radical (unpaired) electrons. The lowest BCUT2D eigenvalue weighted by molar-refractivity contribution is 0.0786. The smallest absolute Gasteiger partial charge is 0.274 e. The maximum atomic E-state index is 12.1. The first-order chi connectivity index (χ1) is 9.83. The summed E-state index contributed by atoms with van der Waals surface area (Å²) < 4.78 is 5.53. The third-order valence-corrected chi connectivity index (χ3v) is 3.81. The van der Waals surface area contributed by atoms with Crippen LogP contribution < -0.4 is 5.32 Å². The number of carbonyl (C=O) groups excluding carboxylic acids is 1. The molecule has 1 aromatic rings. The number of hydrogen-bond donors (Lipinski definition) is 1. The molecule has 3 heterocycles. The second-order valence-electron chi connectivity index (χ2n) is 5.32. The number of nitrogens with zero attached hydrogens (tertiary/aromatic N) is 3. The van der Waals surface area contributed by atoms with E-state index in [0.29, 0.717) is 11.5 Å². The van der Waals surface area contributed by atoms with Crippen LogP contribution in [-0.2, 0) is 4.74 Å². The molecule has 1 amide bonds. The number of amides is 1. The highest BCUT2D eigenvalue weighted by molar-refractivity contribution is 5.92. The van der Waals surface area contributed by atoms with Crippen LogP contribution in [0.3, 0.4) is 0 Å². The topological polar surface area (TPSA) is 67.3 Å². The SMILES string of the molecule is O=C(c1ccc(NCC2CCCO2)nn1)N1CCCC1. The van der Waals surface area contributed by atoms with Gasteiger partial charge in [-0.3, -0.25) is 4.79 Å². The molecule has 1 N–H and O–H groups in total. The van der Waals surface area contributed by atoms with Gasteiger partial charge in [0.25, 0.3) is 5.91 Å². The van der Waals surface area contributed by atoms with Crippen molar-refractivity contribution in [3.8, 4) is 0 Å². The van der Waals surface area contributed by atoms with Crippen LogP contribution in [0.25, 0.3) is 0 Å². The quantitative estimate of drug-likeness (QED) is 0.898. The highest BCUT2D eigenvalue weighted by Crippen LogP contribution is 2.14. The number of anilines is 1. The van der Waals surface area contributed by atoms with E-state index in [1.807, 2.05) is 11.0 Å². The monoisotopic (exact) mass is 276 g/mol. The molecular formula is C14H20N4O2. The van der Waals surface area contributed by atoms with Crippen molar-refractivity contribution in [1.29, 1.82) is 0 Å². The third kappa shape index (κ3) is 3.07. The summed E-state index contributed by atoms with van der Waals surface area (Å²) in [5, 5.41) is 11.3. The number of aromatic nitrogens is 2. The fourth-order valence-corrected chi connectivity index (χ4v) is 2.65. The van der Waals surface area contributed by atoms with Crippen molar-refractivity contribution in [3.63, 3.8) is 0 Å². The molecule has 2 fully saturated rings. The number of ether oxygens (including phenoxy) is 1. The van der Waals surface area contributed by atoms with Crippen molar-refractivity contribution in [3.05, 3.63) is 17.8 Å². The zero-order chi connectivity index (χ0) is 13.8. The molecule has 0 aromatic carbocycles. The van der Waals surface area contributed by atoms with Crippen LogP contribution in [0.4, 0.5) is 5.82 Å². The minimum atomic E-state index is -0.0133. The van der Waals surface area contributed by atoms with Crippen LogP contribution in [0.1, 0.15) is 36.2 Å². The van der Waals surface area contributed by atoms with Crippen LogP contribution >= 0.6 is 0 Å². The molecule has 20 heavy (non-hydrogen) atoms. The third-order valence-electron chi connectivity index (χ3n) is 3.81. The molecule has 2 saturated heterocycles. The van der Waals surface area contributed by atoms with Gasteiger partial charge in [-0.2, -0.15) is 0 Å². The second kappa shape index (κ2) is 6.17. The highest BCUT2D eigenvalue weighted by atomic mass is 16.5. The van der Waals surface area contributed by atoms with Crippen LogP contribution in [0, 0.1) is 0 Å². The fourth-order valence-electron chi connectivity index (χ4n) is 2.65. The Morgan fingerprint density at radius 1 is 1.30 bits per heavy atom. The number of rotatable bonds is 4. The summed E-state index contributed by atoms with van der Waals surface area (Å²) in [6.45, 7) is 3.26. The van der Waals surface area contributed by atoms with Crippen LogP contribution in [0.15, 0.2) is 12.1 Å². The number of carbonyl (C=O) groups is 1. The normalized spacial score (nSPS) is 22.2. The van der Waals surface area contributed by atoms with E-state index < -0.39 is 0 Å². The summed E-state index contributed by atoms with van der Waals surface area (Å²) in [7, 11) is 0. The predicted molar refractivity (Wildman–Crippen MR) is 74.6 cm³/mol. The van der Waals surface area contributed by atoms with Gasteiger partial charge < -0.3 is 15.0 Å². The van der Waals surface area contributed by atoms with Gasteiger partial charge >= 0.3 is 0 Å². The summed E-state index contributed by atoms with van der Waals surface area (Å²) in [6.07, 6.45) is 4.65. The number of hydrogen-bond acceptors (Lipinski definition) is 5. The van der Waals surface area contributed by atoms with E-state index in [2.05, 4.69) is 15.5 Å². The first-order valence-electron chi connectivity index (χ1n) is 7.31. The van der Waals surface area contributed by atoms with Crippen molar-refractivity contribution in [2.24, 2.45) is 0 Å². The van der Waals surface area contributed by atoms with Crippen molar-refractivity contribution >= 4 is 11.7 Å². The lowest BCUT2D eigenvalue weighted by Gasteiger charge is -2.14. The maximum Gasteiger partial charge on any atom is 0.274 e. The molecule has 0 spiro atoms. The van der Waals surface area contributed by atoms with E-state index in [1.165, 1.54) is 0 Å². The molecule has 2 aliphatic heterocycles. The van der Waals surface area contributed by atoms with Crippen LogP contribution in [0.5, 0.6) is 0 Å². The minimum absolute atomic E-state index is 0.0133. The molecule has 1 atom stereocenters. The Morgan fingerprint density at radius 2 is 2.15 bits per heavy atom. The van der Waals surface area contributed by atoms with E-state index in [1.54, 1.807) is 6.07 Å².